The van der Waals surface area contributed by atoms with Gasteiger partial charge in [-0.1, -0.05) is 6.92 Å². The molecule has 2 N–H and O–H groups in total. The minimum absolute atomic E-state index is 0.768. The first-order valence-corrected chi connectivity index (χ1v) is 7.65. The highest BCUT2D eigenvalue weighted by Gasteiger charge is 2.09. The maximum Gasteiger partial charge on any atom is 0.0821 e. The molecule has 0 radical (unpaired) electrons. The zero-order valence-corrected chi connectivity index (χ0v) is 12.5. The number of nitrogens with zero attached hydrogens (tertiary/aromatic N) is 3. The lowest BCUT2D eigenvalue weighted by Gasteiger charge is -2.07. The minimum atomic E-state index is 0.768. The third-order valence-electron chi connectivity index (χ3n) is 3.27. The van der Waals surface area contributed by atoms with Crippen LogP contribution < -0.4 is 5.73 Å². The molecule has 2 aromatic heterocycles. The molecule has 0 amide bonds. The molecule has 3 aromatic rings. The third kappa shape index (κ3) is 2.41. The van der Waals surface area contributed by atoms with Gasteiger partial charge in [0.05, 0.1) is 17.8 Å². The number of nitrogens with two attached hydrogens (primary N) is 1. The summed E-state index contributed by atoms with van der Waals surface area (Å²) in [5, 5.41) is 5.70. The van der Waals surface area contributed by atoms with E-state index >= 15 is 0 Å². The van der Waals surface area contributed by atoms with Crippen molar-refractivity contribution in [3.63, 3.8) is 0 Å². The van der Waals surface area contributed by atoms with Gasteiger partial charge >= 0.3 is 0 Å². The Morgan fingerprint density at radius 2 is 2.10 bits per heavy atom. The molecule has 0 bridgehead atoms. The summed E-state index contributed by atoms with van der Waals surface area (Å²) in [6, 6.07) is 8.30. The Bertz CT molecular complexity index is 741. The van der Waals surface area contributed by atoms with E-state index in [1.54, 1.807) is 0 Å². The number of thioether (sulfide) groups is 1. The number of benzene rings is 1. The highest BCUT2D eigenvalue weighted by atomic mass is 32.2. The Balaban J connectivity index is 2.04. The summed E-state index contributed by atoms with van der Waals surface area (Å²) in [5.41, 5.74) is 9.07. The van der Waals surface area contributed by atoms with Crippen molar-refractivity contribution in [2.75, 3.05) is 11.5 Å². The minimum Gasteiger partial charge on any atom is -0.399 e. The first-order chi connectivity index (χ1) is 9.67. The number of hydrogen-bond acceptors (Lipinski definition) is 3. The van der Waals surface area contributed by atoms with Crippen LogP contribution in [0.4, 0.5) is 5.69 Å². The third-order valence-corrected chi connectivity index (χ3v) is 4.21. The number of nitrogen functional groups attached to an aromatic ring is 1. The largest absolute Gasteiger partial charge is 0.399 e. The van der Waals surface area contributed by atoms with E-state index in [-0.39, 0.29) is 0 Å². The van der Waals surface area contributed by atoms with Crippen molar-refractivity contribution >= 4 is 28.4 Å². The van der Waals surface area contributed by atoms with Crippen LogP contribution in [-0.2, 0) is 13.6 Å². The summed E-state index contributed by atoms with van der Waals surface area (Å²) < 4.78 is 4.03. The predicted molar refractivity (Wildman–Crippen MR) is 85.1 cm³/mol. The van der Waals surface area contributed by atoms with Crippen LogP contribution in [0.2, 0.25) is 0 Å². The van der Waals surface area contributed by atoms with Crippen LogP contribution in [0.15, 0.2) is 41.6 Å². The fourth-order valence-corrected chi connectivity index (χ4v) is 3.28. The Morgan fingerprint density at radius 1 is 1.25 bits per heavy atom. The van der Waals surface area contributed by atoms with E-state index in [9.17, 15) is 0 Å². The summed E-state index contributed by atoms with van der Waals surface area (Å²) >= 11 is 1.83. The van der Waals surface area contributed by atoms with Crippen LogP contribution in [0.5, 0.6) is 0 Å². The van der Waals surface area contributed by atoms with Crippen LogP contribution >= 0.6 is 11.8 Å². The molecule has 0 aliphatic rings. The zero-order chi connectivity index (χ0) is 14.1. The van der Waals surface area contributed by atoms with Gasteiger partial charge in [-0.05, 0) is 30.0 Å². The second-order valence-electron chi connectivity index (χ2n) is 4.81. The van der Waals surface area contributed by atoms with Gasteiger partial charge < -0.3 is 10.3 Å². The molecule has 0 unspecified atom stereocenters. The molecule has 5 heteroatoms. The molecule has 20 heavy (non-hydrogen) atoms. The van der Waals surface area contributed by atoms with Gasteiger partial charge in [0.25, 0.3) is 0 Å². The number of rotatable bonds is 4. The quantitative estimate of drug-likeness (QED) is 0.592. The van der Waals surface area contributed by atoms with E-state index in [0.717, 1.165) is 23.7 Å². The molecule has 4 nitrogen and oxygen atoms in total. The average Bonchev–Trinajstić information content (AvgIpc) is 2.98. The Kier molecular flexibility index (Phi) is 3.44. The van der Waals surface area contributed by atoms with Gasteiger partial charge in [0, 0.05) is 35.4 Å². The van der Waals surface area contributed by atoms with Crippen LogP contribution in [-0.4, -0.2) is 20.1 Å². The van der Waals surface area contributed by atoms with Crippen molar-refractivity contribution in [2.24, 2.45) is 7.05 Å². The van der Waals surface area contributed by atoms with Gasteiger partial charge in [0.2, 0.25) is 0 Å². The summed E-state index contributed by atoms with van der Waals surface area (Å²) in [7, 11) is 1.94. The maximum atomic E-state index is 6.03. The fraction of sp³-hybridized carbons (Fsp3) is 0.267. The summed E-state index contributed by atoms with van der Waals surface area (Å²) in [5.74, 6) is 1.05. The highest BCUT2D eigenvalue weighted by molar-refractivity contribution is 7.99. The van der Waals surface area contributed by atoms with Crippen molar-refractivity contribution in [3.05, 3.63) is 42.4 Å². The predicted octanol–water partition coefficient (Wildman–Crippen LogP) is 3.12. The molecule has 2 heterocycles. The monoisotopic (exact) mass is 286 g/mol. The Hall–Kier alpha value is -1.88. The Labute approximate surface area is 122 Å². The summed E-state index contributed by atoms with van der Waals surface area (Å²) in [6.07, 6.45) is 4.08. The van der Waals surface area contributed by atoms with Crippen LogP contribution in [0.25, 0.3) is 10.9 Å². The number of hydrogen-bond donors (Lipinski definition) is 1. The van der Waals surface area contributed by atoms with Crippen molar-refractivity contribution in [1.82, 2.24) is 14.3 Å². The lowest BCUT2D eigenvalue weighted by atomic mass is 10.2. The first kappa shape index (κ1) is 13.1. The first-order valence-electron chi connectivity index (χ1n) is 6.67. The molecule has 1 aromatic carbocycles. The number of aryl methyl sites for hydroxylation is 1. The van der Waals surface area contributed by atoms with E-state index in [0.29, 0.717) is 0 Å². The van der Waals surface area contributed by atoms with E-state index in [1.807, 2.05) is 41.8 Å². The maximum absolute atomic E-state index is 6.03. The molecule has 0 aliphatic heterocycles. The van der Waals surface area contributed by atoms with Gasteiger partial charge in [-0.3, -0.25) is 4.68 Å². The highest BCUT2D eigenvalue weighted by Crippen LogP contribution is 2.31. The molecular weight excluding hydrogens is 268 g/mol. The number of aromatic nitrogens is 3. The number of anilines is 1. The molecule has 104 valence electrons. The van der Waals surface area contributed by atoms with Crippen LogP contribution in [0, 0.1) is 0 Å². The van der Waals surface area contributed by atoms with Gasteiger partial charge in [-0.15, -0.1) is 11.8 Å². The molecule has 3 rings (SSSR count). The standard InChI is InChI=1S/C15H18N4S/c1-3-20-15-9-11(16)8-14-13(15)5-7-19(14)10-12-4-6-18(2)17-12/h4-9H,3,10,16H2,1-2H3. The van der Waals surface area contributed by atoms with E-state index < -0.39 is 0 Å². The Morgan fingerprint density at radius 3 is 2.80 bits per heavy atom. The second kappa shape index (κ2) is 5.25. The smallest absolute Gasteiger partial charge is 0.0821 e. The molecule has 0 aliphatic carbocycles. The zero-order valence-electron chi connectivity index (χ0n) is 11.7. The molecule has 0 saturated carbocycles. The lowest BCUT2D eigenvalue weighted by molar-refractivity contribution is 0.716. The molecule has 0 saturated heterocycles. The van der Waals surface area contributed by atoms with Crippen molar-refractivity contribution in [2.45, 2.75) is 18.4 Å². The summed E-state index contributed by atoms with van der Waals surface area (Å²) in [4.78, 5) is 1.25. The van der Waals surface area contributed by atoms with Gasteiger partial charge in [0.15, 0.2) is 0 Å². The average molecular weight is 286 g/mol. The van der Waals surface area contributed by atoms with E-state index in [4.69, 9.17) is 5.73 Å². The second-order valence-corrected chi connectivity index (χ2v) is 6.12. The topological polar surface area (TPSA) is 48.8 Å². The molecular formula is C15H18N4S. The SMILES string of the molecule is CCSc1cc(N)cc2c1ccn2Cc1ccn(C)n1. The van der Waals surface area contributed by atoms with Crippen LogP contribution in [0.3, 0.4) is 0 Å². The van der Waals surface area contributed by atoms with Crippen molar-refractivity contribution in [1.29, 1.82) is 0 Å². The van der Waals surface area contributed by atoms with Crippen LogP contribution in [0.1, 0.15) is 12.6 Å². The fourth-order valence-electron chi connectivity index (χ4n) is 2.42. The van der Waals surface area contributed by atoms with Crippen molar-refractivity contribution < 1.29 is 0 Å². The molecule has 0 spiro atoms. The molecule has 0 atom stereocenters. The van der Waals surface area contributed by atoms with Gasteiger partial charge in [-0.25, -0.2) is 0 Å². The van der Waals surface area contributed by atoms with Gasteiger partial charge in [0.1, 0.15) is 0 Å². The summed E-state index contributed by atoms with van der Waals surface area (Å²) in [6.45, 7) is 2.93. The van der Waals surface area contributed by atoms with Gasteiger partial charge in [-0.2, -0.15) is 5.10 Å². The van der Waals surface area contributed by atoms with Crippen molar-refractivity contribution in [3.8, 4) is 0 Å². The lowest BCUT2D eigenvalue weighted by Crippen LogP contribution is -2.00. The normalized spacial score (nSPS) is 11.3. The number of fused-ring (bicyclic) bond motifs is 1. The van der Waals surface area contributed by atoms with E-state index in [2.05, 4.69) is 34.9 Å². The molecule has 0 fully saturated rings. The van der Waals surface area contributed by atoms with E-state index in [1.165, 1.54) is 15.8 Å².